The van der Waals surface area contributed by atoms with Gasteiger partial charge in [0, 0.05) is 19.2 Å². The number of nitrogens with zero attached hydrogens (tertiary/aromatic N) is 1. The molecule has 0 saturated carbocycles. The Kier molecular flexibility index (Phi) is 4.94. The van der Waals surface area contributed by atoms with Gasteiger partial charge in [-0.3, -0.25) is 9.69 Å². The van der Waals surface area contributed by atoms with Gasteiger partial charge < -0.3 is 18.9 Å². The molecule has 130 valence electrons. The van der Waals surface area contributed by atoms with Crippen LogP contribution in [0, 0.1) is 19.8 Å². The number of furan rings is 2. The van der Waals surface area contributed by atoms with Crippen molar-refractivity contribution in [1.82, 2.24) is 10.2 Å². The fourth-order valence-corrected chi connectivity index (χ4v) is 3.05. The molecule has 0 aromatic carbocycles. The Balaban J connectivity index is 1.45. The largest absolute Gasteiger partial charge is 0.468 e. The van der Waals surface area contributed by atoms with Crippen LogP contribution >= 0.6 is 0 Å². The number of hydrogen-bond donors (Lipinski definition) is 1. The highest BCUT2D eigenvalue weighted by molar-refractivity contribution is 5.91. The lowest BCUT2D eigenvalue weighted by Crippen LogP contribution is -2.30. The Labute approximate surface area is 141 Å². The van der Waals surface area contributed by atoms with Crippen molar-refractivity contribution >= 4 is 5.91 Å². The predicted octanol–water partition coefficient (Wildman–Crippen LogP) is 2.75. The molecule has 0 unspecified atom stereocenters. The minimum Gasteiger partial charge on any atom is -0.468 e. The second-order valence-corrected chi connectivity index (χ2v) is 6.37. The summed E-state index contributed by atoms with van der Waals surface area (Å²) in [6.45, 7) is 7.51. The molecule has 1 amide bonds. The van der Waals surface area contributed by atoms with E-state index in [9.17, 15) is 4.79 Å². The van der Waals surface area contributed by atoms with Crippen molar-refractivity contribution in [2.24, 2.45) is 5.92 Å². The molecule has 0 radical (unpaired) electrons. The van der Waals surface area contributed by atoms with E-state index in [0.29, 0.717) is 18.4 Å². The van der Waals surface area contributed by atoms with Gasteiger partial charge in [0.2, 0.25) is 0 Å². The van der Waals surface area contributed by atoms with Gasteiger partial charge in [-0.15, -0.1) is 0 Å². The minimum absolute atomic E-state index is 0.200. The number of rotatable bonds is 6. The number of ether oxygens (including phenoxy) is 1. The fraction of sp³-hybridized carbons (Fsp3) is 0.500. The molecule has 0 aliphatic carbocycles. The summed E-state index contributed by atoms with van der Waals surface area (Å²) in [6.07, 6.45) is 1.07. The first-order valence-corrected chi connectivity index (χ1v) is 8.25. The zero-order valence-electron chi connectivity index (χ0n) is 14.4. The van der Waals surface area contributed by atoms with Crippen LogP contribution in [0.15, 0.2) is 27.0 Å². The van der Waals surface area contributed by atoms with Crippen LogP contribution in [0.5, 0.6) is 5.95 Å². The number of hydrogen-bond acceptors (Lipinski definition) is 5. The van der Waals surface area contributed by atoms with Crippen molar-refractivity contribution < 1.29 is 18.4 Å². The van der Waals surface area contributed by atoms with E-state index < -0.39 is 0 Å². The zero-order chi connectivity index (χ0) is 17.1. The Morgan fingerprint density at radius 2 is 2.21 bits per heavy atom. The third-order valence-corrected chi connectivity index (χ3v) is 4.52. The van der Waals surface area contributed by atoms with Crippen LogP contribution in [-0.2, 0) is 6.54 Å². The van der Waals surface area contributed by atoms with Crippen LogP contribution in [0.4, 0.5) is 0 Å². The maximum atomic E-state index is 12.1. The molecule has 1 aliphatic rings. The molecule has 24 heavy (non-hydrogen) atoms. The summed E-state index contributed by atoms with van der Waals surface area (Å²) >= 11 is 0. The van der Waals surface area contributed by atoms with Gasteiger partial charge in [-0.2, -0.15) is 0 Å². The second kappa shape index (κ2) is 7.13. The van der Waals surface area contributed by atoms with Crippen LogP contribution in [0.25, 0.3) is 0 Å². The molecule has 1 saturated heterocycles. The van der Waals surface area contributed by atoms with E-state index in [1.165, 1.54) is 12.7 Å². The van der Waals surface area contributed by atoms with Crippen molar-refractivity contribution in [2.75, 3.05) is 26.7 Å². The SMILES string of the molecule is COc1ccc(C(=O)NC[C@@H]2CCN(Cc3cc(C)c(C)o3)C2)o1. The Morgan fingerprint density at radius 1 is 1.38 bits per heavy atom. The number of methoxy groups -OCH3 is 1. The highest BCUT2D eigenvalue weighted by atomic mass is 16.6. The fourth-order valence-electron chi connectivity index (χ4n) is 3.05. The zero-order valence-corrected chi connectivity index (χ0v) is 14.4. The van der Waals surface area contributed by atoms with Gasteiger partial charge in [-0.25, -0.2) is 0 Å². The number of amides is 1. The van der Waals surface area contributed by atoms with Crippen molar-refractivity contribution in [1.29, 1.82) is 0 Å². The van der Waals surface area contributed by atoms with Gasteiger partial charge in [-0.05, 0) is 50.4 Å². The Hall–Kier alpha value is -2.21. The molecule has 6 nitrogen and oxygen atoms in total. The molecule has 2 aromatic heterocycles. The van der Waals surface area contributed by atoms with E-state index in [0.717, 1.165) is 37.6 Å². The molecule has 2 aromatic rings. The predicted molar refractivity (Wildman–Crippen MR) is 89.2 cm³/mol. The van der Waals surface area contributed by atoms with E-state index in [1.807, 2.05) is 6.92 Å². The van der Waals surface area contributed by atoms with Crippen LogP contribution in [0.2, 0.25) is 0 Å². The lowest BCUT2D eigenvalue weighted by molar-refractivity contribution is 0.0913. The van der Waals surface area contributed by atoms with Gasteiger partial charge in [0.25, 0.3) is 11.9 Å². The molecule has 1 fully saturated rings. The first kappa shape index (κ1) is 16.6. The van der Waals surface area contributed by atoms with E-state index in [1.54, 1.807) is 12.1 Å². The number of aryl methyl sites for hydroxylation is 2. The summed E-state index contributed by atoms with van der Waals surface area (Å²) in [4.78, 5) is 14.4. The molecule has 0 spiro atoms. The Morgan fingerprint density at radius 3 is 2.88 bits per heavy atom. The smallest absolute Gasteiger partial charge is 0.287 e. The topological polar surface area (TPSA) is 67.8 Å². The van der Waals surface area contributed by atoms with Crippen LogP contribution in [-0.4, -0.2) is 37.6 Å². The third kappa shape index (κ3) is 3.82. The van der Waals surface area contributed by atoms with Crippen molar-refractivity contribution in [3.63, 3.8) is 0 Å². The van der Waals surface area contributed by atoms with Crippen molar-refractivity contribution in [3.05, 3.63) is 41.0 Å². The lowest BCUT2D eigenvalue weighted by atomic mass is 10.1. The summed E-state index contributed by atoms with van der Waals surface area (Å²) in [5.41, 5.74) is 1.20. The molecule has 0 bridgehead atoms. The molecule has 1 aliphatic heterocycles. The molecule has 1 N–H and O–H groups in total. The van der Waals surface area contributed by atoms with E-state index in [-0.39, 0.29) is 11.7 Å². The van der Waals surface area contributed by atoms with Gasteiger partial charge in [0.05, 0.1) is 13.7 Å². The standard InChI is InChI=1S/C18H24N2O4/c1-12-8-15(23-13(12)2)11-20-7-6-14(10-20)9-19-18(21)16-4-5-17(22-3)24-16/h4-5,8,14H,6-7,9-11H2,1-3H3,(H,19,21)/t14-/m0/s1. The van der Waals surface area contributed by atoms with Crippen molar-refractivity contribution in [3.8, 4) is 5.95 Å². The highest BCUT2D eigenvalue weighted by Gasteiger charge is 2.24. The van der Waals surface area contributed by atoms with E-state index in [2.05, 4.69) is 23.2 Å². The molecule has 3 rings (SSSR count). The van der Waals surface area contributed by atoms with Crippen LogP contribution < -0.4 is 10.1 Å². The number of likely N-dealkylation sites (tertiary alicyclic amines) is 1. The van der Waals surface area contributed by atoms with Gasteiger partial charge >= 0.3 is 0 Å². The summed E-state index contributed by atoms with van der Waals surface area (Å²) in [5, 5.41) is 2.94. The highest BCUT2D eigenvalue weighted by Crippen LogP contribution is 2.21. The van der Waals surface area contributed by atoms with Crippen LogP contribution in [0.3, 0.4) is 0 Å². The van der Waals surface area contributed by atoms with Crippen LogP contribution in [0.1, 0.15) is 34.1 Å². The lowest BCUT2D eigenvalue weighted by Gasteiger charge is -2.14. The van der Waals surface area contributed by atoms with E-state index >= 15 is 0 Å². The molecule has 6 heteroatoms. The quantitative estimate of drug-likeness (QED) is 0.881. The number of nitrogens with one attached hydrogen (secondary N) is 1. The number of carbonyl (C=O) groups is 1. The summed E-state index contributed by atoms with van der Waals surface area (Å²) in [5.74, 6) is 2.87. The number of carbonyl (C=O) groups excluding carboxylic acids is 1. The van der Waals surface area contributed by atoms with E-state index in [4.69, 9.17) is 13.6 Å². The monoisotopic (exact) mass is 332 g/mol. The summed E-state index contributed by atoms with van der Waals surface area (Å²) < 4.78 is 16.0. The Bertz CT molecular complexity index is 684. The molecular weight excluding hydrogens is 308 g/mol. The molecule has 1 atom stereocenters. The average Bonchev–Trinajstić information content (AvgIpc) is 3.27. The first-order chi connectivity index (χ1) is 11.5. The molecular formula is C18H24N2O4. The second-order valence-electron chi connectivity index (χ2n) is 6.37. The normalized spacial score (nSPS) is 18.0. The molecule has 3 heterocycles. The summed E-state index contributed by atoms with van der Waals surface area (Å²) in [7, 11) is 1.51. The first-order valence-electron chi connectivity index (χ1n) is 8.25. The van der Waals surface area contributed by atoms with Gasteiger partial charge in [0.15, 0.2) is 5.76 Å². The average molecular weight is 332 g/mol. The maximum Gasteiger partial charge on any atom is 0.287 e. The van der Waals surface area contributed by atoms with Gasteiger partial charge in [-0.1, -0.05) is 0 Å². The van der Waals surface area contributed by atoms with Gasteiger partial charge in [0.1, 0.15) is 11.5 Å². The maximum absolute atomic E-state index is 12.1. The minimum atomic E-state index is -0.200. The third-order valence-electron chi connectivity index (χ3n) is 4.52. The summed E-state index contributed by atoms with van der Waals surface area (Å²) in [6, 6.07) is 5.37. The van der Waals surface area contributed by atoms with Crippen molar-refractivity contribution in [2.45, 2.75) is 26.8 Å².